The zero-order chi connectivity index (χ0) is 14.6. The number of benzene rings is 1. The third kappa shape index (κ3) is 7.14. The Bertz CT molecular complexity index is 387. The summed E-state index contributed by atoms with van der Waals surface area (Å²) in [4.78, 5) is 4.19. The van der Waals surface area contributed by atoms with Gasteiger partial charge >= 0.3 is 0 Å². The van der Waals surface area contributed by atoms with E-state index in [0.29, 0.717) is 6.61 Å². The molecule has 0 atom stereocenters. The molecule has 1 rings (SSSR count). The van der Waals surface area contributed by atoms with Gasteiger partial charge in [-0.15, -0.1) is 0 Å². The van der Waals surface area contributed by atoms with Crippen LogP contribution in [0.1, 0.15) is 30.9 Å². The molecule has 0 saturated carbocycles. The zero-order valence-corrected chi connectivity index (χ0v) is 12.9. The maximum atomic E-state index is 5.50. The molecule has 1 aromatic rings. The number of guanidine groups is 1. The van der Waals surface area contributed by atoms with Crippen molar-refractivity contribution < 1.29 is 4.74 Å². The van der Waals surface area contributed by atoms with Crippen LogP contribution >= 0.6 is 0 Å². The smallest absolute Gasteiger partial charge is 0.191 e. The van der Waals surface area contributed by atoms with E-state index in [1.807, 2.05) is 0 Å². The number of unbranched alkanes of at least 4 members (excludes halogenated alkanes) is 1. The van der Waals surface area contributed by atoms with Crippen LogP contribution in [0.15, 0.2) is 29.3 Å². The van der Waals surface area contributed by atoms with Crippen molar-refractivity contribution in [2.75, 3.05) is 26.8 Å². The lowest BCUT2D eigenvalue weighted by atomic mass is 10.1. The standard InChI is InChI=1S/C16H27N3O/c1-4-5-11-20-12-10-18-16(17-3)19-13-15-8-6-14(2)7-9-15/h6-9H,4-5,10-13H2,1-3H3,(H2,17,18,19). The molecule has 0 fully saturated rings. The van der Waals surface area contributed by atoms with Crippen molar-refractivity contribution >= 4 is 5.96 Å². The second-order valence-corrected chi connectivity index (χ2v) is 4.80. The number of ether oxygens (including phenoxy) is 1. The number of aliphatic imine (C=N–C) groups is 1. The van der Waals surface area contributed by atoms with Gasteiger partial charge in [0.15, 0.2) is 5.96 Å². The Hall–Kier alpha value is -1.55. The SMILES string of the molecule is CCCCOCCNC(=NC)NCc1ccc(C)cc1. The van der Waals surface area contributed by atoms with Gasteiger partial charge in [0.2, 0.25) is 0 Å². The van der Waals surface area contributed by atoms with E-state index in [9.17, 15) is 0 Å². The summed E-state index contributed by atoms with van der Waals surface area (Å²) in [7, 11) is 1.78. The molecule has 4 nitrogen and oxygen atoms in total. The molecule has 0 heterocycles. The Morgan fingerprint density at radius 3 is 2.55 bits per heavy atom. The summed E-state index contributed by atoms with van der Waals surface area (Å²) < 4.78 is 5.50. The van der Waals surface area contributed by atoms with E-state index in [1.54, 1.807) is 7.05 Å². The molecule has 2 N–H and O–H groups in total. The van der Waals surface area contributed by atoms with E-state index < -0.39 is 0 Å². The largest absolute Gasteiger partial charge is 0.380 e. The summed E-state index contributed by atoms with van der Waals surface area (Å²) in [5, 5.41) is 6.53. The predicted molar refractivity (Wildman–Crippen MR) is 85.1 cm³/mol. The minimum atomic E-state index is 0.714. The van der Waals surface area contributed by atoms with Crippen LogP contribution in [0.25, 0.3) is 0 Å². The number of nitrogens with zero attached hydrogens (tertiary/aromatic N) is 1. The highest BCUT2D eigenvalue weighted by Gasteiger charge is 1.98. The molecule has 112 valence electrons. The van der Waals surface area contributed by atoms with Gasteiger partial charge in [0.1, 0.15) is 0 Å². The van der Waals surface area contributed by atoms with Crippen molar-refractivity contribution in [3.63, 3.8) is 0 Å². The van der Waals surface area contributed by atoms with Crippen molar-refractivity contribution in [2.45, 2.75) is 33.2 Å². The van der Waals surface area contributed by atoms with Crippen LogP contribution in [0, 0.1) is 6.92 Å². The molecule has 0 aromatic heterocycles. The lowest BCUT2D eigenvalue weighted by Crippen LogP contribution is -2.38. The van der Waals surface area contributed by atoms with E-state index in [0.717, 1.165) is 32.1 Å². The fourth-order valence-corrected chi connectivity index (χ4v) is 1.70. The van der Waals surface area contributed by atoms with Gasteiger partial charge in [-0.25, -0.2) is 0 Å². The first kappa shape index (κ1) is 16.5. The molecule has 0 radical (unpaired) electrons. The third-order valence-corrected chi connectivity index (χ3v) is 2.99. The topological polar surface area (TPSA) is 45.6 Å². The molecule has 0 aliphatic carbocycles. The van der Waals surface area contributed by atoms with Gasteiger partial charge in [-0.2, -0.15) is 0 Å². The van der Waals surface area contributed by atoms with E-state index in [1.165, 1.54) is 17.5 Å². The molecule has 1 aromatic carbocycles. The lowest BCUT2D eigenvalue weighted by Gasteiger charge is -2.12. The van der Waals surface area contributed by atoms with Crippen molar-refractivity contribution in [3.05, 3.63) is 35.4 Å². The summed E-state index contributed by atoms with van der Waals surface area (Å²) in [6.45, 7) is 7.36. The van der Waals surface area contributed by atoms with Gasteiger partial charge in [-0.3, -0.25) is 4.99 Å². The predicted octanol–water partition coefficient (Wildman–Crippen LogP) is 2.48. The van der Waals surface area contributed by atoms with Crippen LogP contribution in [0.2, 0.25) is 0 Å². The first-order chi connectivity index (χ1) is 9.76. The Morgan fingerprint density at radius 2 is 1.90 bits per heavy atom. The highest BCUT2D eigenvalue weighted by Crippen LogP contribution is 2.02. The first-order valence-electron chi connectivity index (χ1n) is 7.34. The fourth-order valence-electron chi connectivity index (χ4n) is 1.70. The zero-order valence-electron chi connectivity index (χ0n) is 12.9. The molecule has 0 saturated heterocycles. The number of hydrogen-bond donors (Lipinski definition) is 2. The minimum absolute atomic E-state index is 0.714. The number of hydrogen-bond acceptors (Lipinski definition) is 2. The van der Waals surface area contributed by atoms with Gasteiger partial charge < -0.3 is 15.4 Å². The Morgan fingerprint density at radius 1 is 1.15 bits per heavy atom. The van der Waals surface area contributed by atoms with Crippen LogP contribution in [0.3, 0.4) is 0 Å². The molecule has 0 aliphatic heterocycles. The Balaban J connectivity index is 2.18. The highest BCUT2D eigenvalue weighted by atomic mass is 16.5. The second kappa shape index (κ2) is 10.3. The second-order valence-electron chi connectivity index (χ2n) is 4.80. The van der Waals surface area contributed by atoms with Gasteiger partial charge in [-0.05, 0) is 18.9 Å². The number of rotatable bonds is 8. The normalized spacial score (nSPS) is 11.4. The summed E-state index contributed by atoms with van der Waals surface area (Å²) in [5.74, 6) is 0.810. The maximum absolute atomic E-state index is 5.50. The van der Waals surface area contributed by atoms with Gasteiger partial charge in [-0.1, -0.05) is 43.2 Å². The summed E-state index contributed by atoms with van der Waals surface area (Å²) >= 11 is 0. The first-order valence-corrected chi connectivity index (χ1v) is 7.34. The highest BCUT2D eigenvalue weighted by molar-refractivity contribution is 5.79. The van der Waals surface area contributed by atoms with E-state index in [2.05, 4.69) is 53.7 Å². The number of aryl methyl sites for hydroxylation is 1. The molecule has 0 bridgehead atoms. The average Bonchev–Trinajstić information content (AvgIpc) is 2.47. The van der Waals surface area contributed by atoms with Crippen LogP contribution < -0.4 is 10.6 Å². The number of nitrogens with one attached hydrogen (secondary N) is 2. The monoisotopic (exact) mass is 277 g/mol. The van der Waals surface area contributed by atoms with Crippen LogP contribution in [0.4, 0.5) is 0 Å². The van der Waals surface area contributed by atoms with E-state index in [-0.39, 0.29) is 0 Å². The van der Waals surface area contributed by atoms with Crippen molar-refractivity contribution in [1.29, 1.82) is 0 Å². The summed E-state index contributed by atoms with van der Waals surface area (Å²) in [5.41, 5.74) is 2.53. The van der Waals surface area contributed by atoms with Crippen LogP contribution in [-0.4, -0.2) is 32.8 Å². The van der Waals surface area contributed by atoms with E-state index >= 15 is 0 Å². The molecular formula is C16H27N3O. The average molecular weight is 277 g/mol. The van der Waals surface area contributed by atoms with E-state index in [4.69, 9.17) is 4.74 Å². The molecule has 0 unspecified atom stereocenters. The van der Waals surface area contributed by atoms with Gasteiger partial charge in [0, 0.05) is 26.7 Å². The third-order valence-electron chi connectivity index (χ3n) is 2.99. The molecular weight excluding hydrogens is 250 g/mol. The van der Waals surface area contributed by atoms with Gasteiger partial charge in [0.05, 0.1) is 6.61 Å². The van der Waals surface area contributed by atoms with Crippen molar-refractivity contribution in [1.82, 2.24) is 10.6 Å². The van der Waals surface area contributed by atoms with Crippen molar-refractivity contribution in [2.24, 2.45) is 4.99 Å². The van der Waals surface area contributed by atoms with Crippen molar-refractivity contribution in [3.8, 4) is 0 Å². The van der Waals surface area contributed by atoms with Gasteiger partial charge in [0.25, 0.3) is 0 Å². The lowest BCUT2D eigenvalue weighted by molar-refractivity contribution is 0.136. The molecule has 0 amide bonds. The molecule has 0 spiro atoms. The molecule has 20 heavy (non-hydrogen) atoms. The summed E-state index contributed by atoms with van der Waals surface area (Å²) in [6, 6.07) is 8.50. The molecule has 0 aliphatic rings. The van der Waals surface area contributed by atoms with Crippen LogP contribution in [-0.2, 0) is 11.3 Å². The molecule has 4 heteroatoms. The van der Waals surface area contributed by atoms with Crippen LogP contribution in [0.5, 0.6) is 0 Å². The maximum Gasteiger partial charge on any atom is 0.191 e. The quantitative estimate of drug-likeness (QED) is 0.436. The summed E-state index contributed by atoms with van der Waals surface area (Å²) in [6.07, 6.45) is 2.30. The fraction of sp³-hybridized carbons (Fsp3) is 0.562. The minimum Gasteiger partial charge on any atom is -0.380 e. The Labute approximate surface area is 122 Å². The Kier molecular flexibility index (Phi) is 8.47.